The summed E-state index contributed by atoms with van der Waals surface area (Å²) >= 11 is 1.52. The zero-order valence-corrected chi connectivity index (χ0v) is 14.5. The lowest BCUT2D eigenvalue weighted by Crippen LogP contribution is -2.22. The third kappa shape index (κ3) is 4.16. The molecule has 26 heavy (non-hydrogen) atoms. The molecule has 2 aromatic heterocycles. The van der Waals surface area contributed by atoms with Gasteiger partial charge in [-0.15, -0.1) is 11.3 Å². The van der Waals surface area contributed by atoms with E-state index in [1.54, 1.807) is 5.51 Å². The van der Waals surface area contributed by atoms with E-state index < -0.39 is 17.6 Å². The van der Waals surface area contributed by atoms with Crippen LogP contribution in [0.3, 0.4) is 0 Å². The van der Waals surface area contributed by atoms with Crippen LogP contribution >= 0.6 is 11.3 Å². The number of alkyl halides is 3. The summed E-state index contributed by atoms with van der Waals surface area (Å²) in [5.74, 6) is -0.524. The molecule has 0 atom stereocenters. The molecule has 0 saturated carbocycles. The van der Waals surface area contributed by atoms with Crippen LogP contribution in [0.15, 0.2) is 41.5 Å². The number of thiazole rings is 1. The van der Waals surface area contributed by atoms with Gasteiger partial charge in [-0.25, -0.2) is 19.3 Å². The summed E-state index contributed by atoms with van der Waals surface area (Å²) in [5.41, 5.74) is 2.05. The molecule has 4 nitrogen and oxygen atoms in total. The molecule has 0 spiro atoms. The Balaban J connectivity index is 1.73. The minimum Gasteiger partial charge on any atom is -0.343 e. The fourth-order valence-electron chi connectivity index (χ4n) is 2.33. The zero-order valence-electron chi connectivity index (χ0n) is 13.7. The van der Waals surface area contributed by atoms with Crippen LogP contribution in [-0.2, 0) is 12.6 Å². The molecule has 0 aliphatic carbocycles. The molecule has 3 rings (SSSR count). The zero-order chi connectivity index (χ0) is 18.7. The third-order valence-corrected chi connectivity index (χ3v) is 4.41. The van der Waals surface area contributed by atoms with Crippen LogP contribution in [0.25, 0.3) is 11.1 Å². The Morgan fingerprint density at radius 2 is 1.85 bits per heavy atom. The number of aromatic nitrogens is 3. The molecule has 1 aromatic carbocycles. The first-order valence-electron chi connectivity index (χ1n) is 7.62. The summed E-state index contributed by atoms with van der Waals surface area (Å²) in [4.78, 5) is 14.4. The first kappa shape index (κ1) is 18.2. The first-order chi connectivity index (χ1) is 12.3. The molecule has 3 aromatic rings. The van der Waals surface area contributed by atoms with Gasteiger partial charge in [0.25, 0.3) is 0 Å². The van der Waals surface area contributed by atoms with Gasteiger partial charge >= 0.3 is 6.18 Å². The van der Waals surface area contributed by atoms with Crippen molar-refractivity contribution >= 4 is 17.3 Å². The number of hydrogen-bond donors (Lipinski definition) is 0. The smallest absolute Gasteiger partial charge is 0.343 e. The fourth-order valence-corrected chi connectivity index (χ4v) is 2.92. The standard InChI is InChI=1S/C17H14F4N4S/c1-25(5-4-13-9-26-10-24-13)16-22-7-11(8-23-16)14-3-2-12(6-15(14)18)17(19,20)21/h2-3,6-10H,4-5H2,1H3. The lowest BCUT2D eigenvalue weighted by Gasteiger charge is -2.16. The van der Waals surface area contributed by atoms with Crippen molar-refractivity contribution < 1.29 is 17.6 Å². The summed E-state index contributed by atoms with van der Waals surface area (Å²) < 4.78 is 51.9. The molecule has 136 valence electrons. The number of halogens is 4. The summed E-state index contributed by atoms with van der Waals surface area (Å²) in [6.45, 7) is 0.651. The van der Waals surface area contributed by atoms with Gasteiger partial charge in [-0.05, 0) is 12.1 Å². The van der Waals surface area contributed by atoms with Crippen LogP contribution in [0.5, 0.6) is 0 Å². The average Bonchev–Trinajstić information content (AvgIpc) is 3.12. The van der Waals surface area contributed by atoms with E-state index in [1.807, 2.05) is 17.3 Å². The van der Waals surface area contributed by atoms with E-state index in [4.69, 9.17) is 0 Å². The Morgan fingerprint density at radius 3 is 2.42 bits per heavy atom. The maximum absolute atomic E-state index is 14.0. The Kier molecular flexibility index (Phi) is 5.17. The molecule has 0 fully saturated rings. The van der Waals surface area contributed by atoms with E-state index in [1.165, 1.54) is 23.7 Å². The van der Waals surface area contributed by atoms with E-state index in [-0.39, 0.29) is 5.56 Å². The highest BCUT2D eigenvalue weighted by Crippen LogP contribution is 2.32. The molecular weight excluding hydrogens is 368 g/mol. The number of likely N-dealkylation sites (N-methyl/N-ethyl adjacent to an activating group) is 1. The van der Waals surface area contributed by atoms with Gasteiger partial charge in [-0.1, -0.05) is 6.07 Å². The molecule has 0 unspecified atom stereocenters. The number of benzene rings is 1. The summed E-state index contributed by atoms with van der Waals surface area (Å²) in [5, 5.41) is 1.96. The van der Waals surface area contributed by atoms with E-state index in [0.29, 0.717) is 24.1 Å². The highest BCUT2D eigenvalue weighted by molar-refractivity contribution is 7.07. The maximum Gasteiger partial charge on any atom is 0.416 e. The largest absolute Gasteiger partial charge is 0.416 e. The molecule has 0 saturated heterocycles. The lowest BCUT2D eigenvalue weighted by molar-refractivity contribution is -0.137. The predicted molar refractivity (Wildman–Crippen MR) is 91.5 cm³/mol. The van der Waals surface area contributed by atoms with Crippen LogP contribution in [0, 0.1) is 5.82 Å². The van der Waals surface area contributed by atoms with Gasteiger partial charge in [0.2, 0.25) is 5.95 Å². The number of rotatable bonds is 5. The van der Waals surface area contributed by atoms with E-state index in [0.717, 1.165) is 24.2 Å². The third-order valence-electron chi connectivity index (χ3n) is 3.77. The molecule has 0 amide bonds. The van der Waals surface area contributed by atoms with E-state index in [2.05, 4.69) is 15.0 Å². The van der Waals surface area contributed by atoms with Crippen LogP contribution < -0.4 is 4.90 Å². The Hall–Kier alpha value is -2.55. The van der Waals surface area contributed by atoms with Gasteiger partial charge in [-0.2, -0.15) is 13.2 Å². The molecule has 0 aliphatic rings. The van der Waals surface area contributed by atoms with Crippen molar-refractivity contribution in [3.05, 3.63) is 58.6 Å². The molecule has 0 radical (unpaired) electrons. The SMILES string of the molecule is CN(CCc1cscn1)c1ncc(-c2ccc(C(F)(F)F)cc2F)cn1. The van der Waals surface area contributed by atoms with Crippen LogP contribution in [0.4, 0.5) is 23.5 Å². The molecule has 9 heteroatoms. The Labute approximate surface area is 151 Å². The summed E-state index contributed by atoms with van der Waals surface area (Å²) in [6, 6.07) is 2.40. The van der Waals surface area contributed by atoms with Gasteiger partial charge < -0.3 is 4.90 Å². The summed E-state index contributed by atoms with van der Waals surface area (Å²) in [7, 11) is 1.82. The van der Waals surface area contributed by atoms with Crippen molar-refractivity contribution in [2.75, 3.05) is 18.5 Å². The molecule has 2 heterocycles. The fraction of sp³-hybridized carbons (Fsp3) is 0.235. The van der Waals surface area contributed by atoms with Gasteiger partial charge in [0, 0.05) is 48.9 Å². The number of anilines is 1. The van der Waals surface area contributed by atoms with Gasteiger partial charge in [0.1, 0.15) is 5.82 Å². The second-order valence-corrected chi connectivity index (χ2v) is 6.33. The number of hydrogen-bond acceptors (Lipinski definition) is 5. The van der Waals surface area contributed by atoms with E-state index >= 15 is 0 Å². The maximum atomic E-state index is 14.0. The minimum absolute atomic E-state index is 0.0228. The number of nitrogens with zero attached hydrogens (tertiary/aromatic N) is 4. The molecule has 0 N–H and O–H groups in total. The van der Waals surface area contributed by atoms with Gasteiger partial charge in [0.05, 0.1) is 16.8 Å². The van der Waals surface area contributed by atoms with E-state index in [9.17, 15) is 17.6 Å². The second-order valence-electron chi connectivity index (χ2n) is 5.62. The Morgan fingerprint density at radius 1 is 1.12 bits per heavy atom. The molecule has 0 bridgehead atoms. The quantitative estimate of drug-likeness (QED) is 0.612. The van der Waals surface area contributed by atoms with Crippen molar-refractivity contribution in [1.82, 2.24) is 15.0 Å². The van der Waals surface area contributed by atoms with Gasteiger partial charge in [0.15, 0.2) is 0 Å². The molecular formula is C17H14F4N4S. The van der Waals surface area contributed by atoms with Crippen molar-refractivity contribution in [3.8, 4) is 11.1 Å². The monoisotopic (exact) mass is 382 g/mol. The van der Waals surface area contributed by atoms with Crippen molar-refractivity contribution in [1.29, 1.82) is 0 Å². The summed E-state index contributed by atoms with van der Waals surface area (Å²) in [6.07, 6.45) is -1.06. The second kappa shape index (κ2) is 7.36. The predicted octanol–water partition coefficient (Wildman–Crippen LogP) is 4.44. The normalized spacial score (nSPS) is 11.6. The first-order valence-corrected chi connectivity index (χ1v) is 8.56. The van der Waals surface area contributed by atoms with Crippen LogP contribution in [-0.4, -0.2) is 28.5 Å². The van der Waals surface area contributed by atoms with Crippen molar-refractivity contribution in [2.24, 2.45) is 0 Å². The Bertz CT molecular complexity index is 863. The highest BCUT2D eigenvalue weighted by atomic mass is 32.1. The van der Waals surface area contributed by atoms with Crippen LogP contribution in [0.2, 0.25) is 0 Å². The van der Waals surface area contributed by atoms with Crippen LogP contribution in [0.1, 0.15) is 11.3 Å². The van der Waals surface area contributed by atoms with Crippen molar-refractivity contribution in [3.63, 3.8) is 0 Å². The topological polar surface area (TPSA) is 41.9 Å². The highest BCUT2D eigenvalue weighted by Gasteiger charge is 2.31. The molecule has 0 aliphatic heterocycles. The average molecular weight is 382 g/mol. The minimum atomic E-state index is -4.58. The van der Waals surface area contributed by atoms with Crippen molar-refractivity contribution in [2.45, 2.75) is 12.6 Å². The van der Waals surface area contributed by atoms with Gasteiger partial charge in [-0.3, -0.25) is 0 Å². The lowest BCUT2D eigenvalue weighted by atomic mass is 10.1.